The lowest BCUT2D eigenvalue weighted by Crippen LogP contribution is -2.36. The molecule has 29 heavy (non-hydrogen) atoms. The number of carbonyl (C=O) groups excluding carboxylic acids is 1. The molecule has 156 valence electrons. The monoisotopic (exact) mass is 414 g/mol. The minimum absolute atomic E-state index is 0.0188. The topological polar surface area (TPSA) is 66.5 Å². The number of nitrogens with zero attached hydrogens (tertiary/aromatic N) is 1. The van der Waals surface area contributed by atoms with Crippen LogP contribution in [0.25, 0.3) is 0 Å². The van der Waals surface area contributed by atoms with Crippen molar-refractivity contribution in [2.45, 2.75) is 51.3 Å². The van der Waals surface area contributed by atoms with Gasteiger partial charge in [0.1, 0.15) is 0 Å². The number of rotatable bonds is 7. The molecule has 3 rings (SSSR count). The average molecular weight is 415 g/mol. The van der Waals surface area contributed by atoms with Gasteiger partial charge in [0.2, 0.25) is 10.0 Å². The van der Waals surface area contributed by atoms with Crippen LogP contribution in [0.15, 0.2) is 48.5 Å². The van der Waals surface area contributed by atoms with Crippen LogP contribution >= 0.6 is 0 Å². The second kappa shape index (κ2) is 9.55. The van der Waals surface area contributed by atoms with Crippen LogP contribution in [0, 0.1) is 0 Å². The first-order valence-electron chi connectivity index (χ1n) is 10.4. The van der Waals surface area contributed by atoms with Crippen molar-refractivity contribution < 1.29 is 13.2 Å². The Labute approximate surface area is 174 Å². The molecule has 1 N–H and O–H groups in total. The van der Waals surface area contributed by atoms with E-state index in [4.69, 9.17) is 0 Å². The standard InChI is InChI=1S/C23H30N2O3S/c1-3-19-7-11-21(12-8-19)18(2)24-23(26)22-13-9-20(10-14-22)17-29(27,28)25-15-5-4-6-16-25/h7-14,18H,3-6,15-17H2,1-2H3,(H,24,26). The lowest BCUT2D eigenvalue weighted by atomic mass is 10.0. The van der Waals surface area contributed by atoms with Crippen LogP contribution in [0.1, 0.15) is 66.2 Å². The van der Waals surface area contributed by atoms with Crippen molar-refractivity contribution in [2.75, 3.05) is 13.1 Å². The number of carbonyl (C=O) groups is 1. The normalized spacial score (nSPS) is 16.3. The molecule has 1 unspecified atom stereocenters. The number of hydrogen-bond acceptors (Lipinski definition) is 3. The van der Waals surface area contributed by atoms with Crippen LogP contribution in [0.4, 0.5) is 0 Å². The van der Waals surface area contributed by atoms with Gasteiger partial charge >= 0.3 is 0 Å². The van der Waals surface area contributed by atoms with Crippen molar-refractivity contribution in [3.8, 4) is 0 Å². The number of piperidine rings is 1. The molecule has 0 aliphatic carbocycles. The van der Waals surface area contributed by atoms with Crippen molar-refractivity contribution >= 4 is 15.9 Å². The fourth-order valence-electron chi connectivity index (χ4n) is 3.60. The van der Waals surface area contributed by atoms with Crippen molar-refractivity contribution in [3.05, 3.63) is 70.8 Å². The molecule has 0 bridgehead atoms. The summed E-state index contributed by atoms with van der Waals surface area (Å²) in [5, 5.41) is 3.00. The number of benzene rings is 2. The number of hydrogen-bond donors (Lipinski definition) is 1. The Hall–Kier alpha value is -2.18. The van der Waals surface area contributed by atoms with E-state index in [1.807, 2.05) is 19.1 Å². The summed E-state index contributed by atoms with van der Waals surface area (Å²) in [5.41, 5.74) is 3.55. The maximum Gasteiger partial charge on any atom is 0.251 e. The first-order chi connectivity index (χ1) is 13.9. The van der Waals surface area contributed by atoms with Gasteiger partial charge in [-0.1, -0.05) is 49.7 Å². The summed E-state index contributed by atoms with van der Waals surface area (Å²) in [6.45, 7) is 5.29. The highest BCUT2D eigenvalue weighted by Gasteiger charge is 2.24. The predicted molar refractivity (Wildman–Crippen MR) is 116 cm³/mol. The SMILES string of the molecule is CCc1ccc(C(C)NC(=O)c2ccc(CS(=O)(=O)N3CCCCC3)cc2)cc1. The maximum atomic E-state index is 12.6. The van der Waals surface area contributed by atoms with Crippen molar-refractivity contribution in [3.63, 3.8) is 0 Å². The van der Waals surface area contributed by atoms with Crippen LogP contribution in [-0.4, -0.2) is 31.7 Å². The molecule has 1 heterocycles. The van der Waals surface area contributed by atoms with Gasteiger partial charge < -0.3 is 5.32 Å². The van der Waals surface area contributed by atoms with Gasteiger partial charge in [-0.05, 0) is 55.0 Å². The first-order valence-corrected chi connectivity index (χ1v) is 12.0. The van der Waals surface area contributed by atoms with Gasteiger partial charge in [0.05, 0.1) is 11.8 Å². The van der Waals surface area contributed by atoms with E-state index in [0.717, 1.165) is 31.2 Å². The molecule has 0 saturated carbocycles. The minimum Gasteiger partial charge on any atom is -0.346 e. The molecular formula is C23H30N2O3S. The molecular weight excluding hydrogens is 384 g/mol. The molecule has 1 atom stereocenters. The maximum absolute atomic E-state index is 12.6. The summed E-state index contributed by atoms with van der Waals surface area (Å²) in [4.78, 5) is 12.6. The molecule has 1 fully saturated rings. The summed E-state index contributed by atoms with van der Waals surface area (Å²) in [5.74, 6) is -0.183. The minimum atomic E-state index is -3.30. The van der Waals surface area contributed by atoms with E-state index >= 15 is 0 Å². The summed E-state index contributed by atoms with van der Waals surface area (Å²) in [6.07, 6.45) is 3.94. The molecule has 1 aliphatic heterocycles. The lowest BCUT2D eigenvalue weighted by Gasteiger charge is -2.25. The lowest BCUT2D eigenvalue weighted by molar-refractivity contribution is 0.0940. The zero-order valence-electron chi connectivity index (χ0n) is 17.2. The first kappa shape index (κ1) is 21.5. The van der Waals surface area contributed by atoms with E-state index < -0.39 is 10.0 Å². The van der Waals surface area contributed by atoms with E-state index in [-0.39, 0.29) is 17.7 Å². The number of nitrogens with one attached hydrogen (secondary N) is 1. The van der Waals surface area contributed by atoms with Crippen molar-refractivity contribution in [1.29, 1.82) is 0 Å². The Bertz CT molecular complexity index is 916. The van der Waals surface area contributed by atoms with Crippen LogP contribution in [0.2, 0.25) is 0 Å². The molecule has 1 aliphatic rings. The van der Waals surface area contributed by atoms with Crippen molar-refractivity contribution in [1.82, 2.24) is 9.62 Å². The highest BCUT2D eigenvalue weighted by Crippen LogP contribution is 2.18. The molecule has 1 saturated heterocycles. The van der Waals surface area contributed by atoms with Gasteiger partial charge in [0, 0.05) is 18.7 Å². The van der Waals surface area contributed by atoms with Crippen LogP contribution in [0.3, 0.4) is 0 Å². The molecule has 0 spiro atoms. The average Bonchev–Trinajstić information content (AvgIpc) is 2.74. The van der Waals surface area contributed by atoms with E-state index in [0.29, 0.717) is 24.2 Å². The van der Waals surface area contributed by atoms with Gasteiger partial charge in [-0.2, -0.15) is 0 Å². The molecule has 2 aromatic carbocycles. The second-order valence-corrected chi connectivity index (χ2v) is 9.67. The number of sulfonamides is 1. The summed E-state index contributed by atoms with van der Waals surface area (Å²) >= 11 is 0. The Morgan fingerprint density at radius 3 is 2.14 bits per heavy atom. The number of amides is 1. The van der Waals surface area contributed by atoms with Gasteiger partial charge in [0.15, 0.2) is 0 Å². The van der Waals surface area contributed by atoms with Crippen LogP contribution in [-0.2, 0) is 22.2 Å². The Balaban J connectivity index is 1.60. The van der Waals surface area contributed by atoms with E-state index in [2.05, 4.69) is 24.4 Å². The summed E-state index contributed by atoms with van der Waals surface area (Å²) in [6, 6.07) is 15.0. The van der Waals surface area contributed by atoms with Gasteiger partial charge in [-0.15, -0.1) is 0 Å². The molecule has 2 aromatic rings. The quantitative estimate of drug-likeness (QED) is 0.743. The third-order valence-electron chi connectivity index (χ3n) is 5.51. The summed E-state index contributed by atoms with van der Waals surface area (Å²) in [7, 11) is -3.30. The largest absolute Gasteiger partial charge is 0.346 e. The summed E-state index contributed by atoms with van der Waals surface area (Å²) < 4.78 is 26.7. The van der Waals surface area contributed by atoms with E-state index in [1.165, 1.54) is 5.56 Å². The predicted octanol–water partition coefficient (Wildman–Crippen LogP) is 4.06. The molecule has 0 aromatic heterocycles. The molecule has 5 nitrogen and oxygen atoms in total. The molecule has 1 amide bonds. The number of aryl methyl sites for hydroxylation is 1. The van der Waals surface area contributed by atoms with Gasteiger partial charge in [0.25, 0.3) is 5.91 Å². The Morgan fingerprint density at radius 1 is 0.966 bits per heavy atom. The fourth-order valence-corrected chi connectivity index (χ4v) is 5.21. The van der Waals surface area contributed by atoms with E-state index in [1.54, 1.807) is 28.6 Å². The van der Waals surface area contributed by atoms with Crippen LogP contribution in [0.5, 0.6) is 0 Å². The van der Waals surface area contributed by atoms with Crippen molar-refractivity contribution in [2.24, 2.45) is 0 Å². The Morgan fingerprint density at radius 2 is 1.55 bits per heavy atom. The van der Waals surface area contributed by atoms with Gasteiger partial charge in [-0.25, -0.2) is 12.7 Å². The van der Waals surface area contributed by atoms with E-state index in [9.17, 15) is 13.2 Å². The smallest absolute Gasteiger partial charge is 0.251 e. The molecule has 0 radical (unpaired) electrons. The zero-order chi connectivity index (χ0) is 20.9. The second-order valence-electron chi connectivity index (χ2n) is 7.70. The molecule has 6 heteroatoms. The van der Waals surface area contributed by atoms with Crippen LogP contribution < -0.4 is 5.32 Å². The third kappa shape index (κ3) is 5.67. The zero-order valence-corrected chi connectivity index (χ0v) is 18.0. The highest BCUT2D eigenvalue weighted by atomic mass is 32.2. The van der Waals surface area contributed by atoms with Gasteiger partial charge in [-0.3, -0.25) is 4.79 Å². The third-order valence-corrected chi connectivity index (χ3v) is 7.36. The highest BCUT2D eigenvalue weighted by molar-refractivity contribution is 7.88. The fraction of sp³-hybridized carbons (Fsp3) is 0.435. The Kier molecular flexibility index (Phi) is 7.09.